The van der Waals surface area contributed by atoms with Crippen LogP contribution in [0, 0.1) is 0 Å². The Kier molecular flexibility index (Phi) is 10.7. The lowest BCUT2D eigenvalue weighted by Crippen LogP contribution is -2.16. The van der Waals surface area contributed by atoms with Gasteiger partial charge in [-0.2, -0.15) is 0 Å². The average molecular weight is 627 g/mol. The van der Waals surface area contributed by atoms with Crippen LogP contribution < -0.4 is 26.1 Å². The highest BCUT2D eigenvalue weighted by molar-refractivity contribution is 7.88. The maximum Gasteiger partial charge on any atom is 0.213 e. The second-order valence-corrected chi connectivity index (χ2v) is 13.1. The molecule has 0 amide bonds. The Morgan fingerprint density at radius 2 is 1.56 bits per heavy atom. The van der Waals surface area contributed by atoms with Crippen molar-refractivity contribution in [2.24, 2.45) is 10.3 Å². The maximum atomic E-state index is 11.4. The third-order valence-electron chi connectivity index (χ3n) is 6.16. The van der Waals surface area contributed by atoms with Crippen LogP contribution >= 0.6 is 0 Å². The first-order chi connectivity index (χ1) is 20.4. The fraction of sp³-hybridized carbons (Fsp3) is 0.241. The number of ether oxygens (including phenoxy) is 2. The van der Waals surface area contributed by atoms with Gasteiger partial charge >= 0.3 is 0 Å². The predicted octanol–water partition coefficient (Wildman–Crippen LogP) is 3.29. The van der Waals surface area contributed by atoms with Crippen molar-refractivity contribution in [3.63, 3.8) is 0 Å². The number of nitrogens with two attached hydrogens (primary N) is 3. The molecule has 1 fully saturated rings. The van der Waals surface area contributed by atoms with Gasteiger partial charge in [0, 0.05) is 29.6 Å². The van der Waals surface area contributed by atoms with Gasteiger partial charge in [0.05, 0.1) is 23.3 Å². The van der Waals surface area contributed by atoms with E-state index in [1.54, 1.807) is 42.5 Å². The Morgan fingerprint density at radius 1 is 0.860 bits per heavy atom. The molecular formula is C29H34N6O6S2. The Labute approximate surface area is 251 Å². The van der Waals surface area contributed by atoms with Crippen LogP contribution in [0.5, 0.6) is 5.75 Å². The number of sulfonamides is 2. The van der Waals surface area contributed by atoms with Gasteiger partial charge in [-0.3, -0.25) is 0 Å². The number of anilines is 3. The van der Waals surface area contributed by atoms with Crippen molar-refractivity contribution in [1.82, 2.24) is 9.97 Å². The van der Waals surface area contributed by atoms with E-state index in [9.17, 15) is 16.8 Å². The van der Waals surface area contributed by atoms with E-state index in [-0.39, 0.29) is 17.6 Å². The van der Waals surface area contributed by atoms with Crippen LogP contribution in [0.1, 0.15) is 24.0 Å². The van der Waals surface area contributed by atoms with Crippen molar-refractivity contribution < 1.29 is 26.3 Å². The lowest BCUT2D eigenvalue weighted by molar-refractivity contribution is 0.0681. The maximum absolute atomic E-state index is 11.4. The first kappa shape index (κ1) is 31.8. The Bertz CT molecular complexity index is 1750. The minimum Gasteiger partial charge on any atom is -0.490 e. The molecular weight excluding hydrogens is 592 g/mol. The van der Waals surface area contributed by atoms with E-state index in [4.69, 9.17) is 25.5 Å². The minimum absolute atomic E-state index is 0.125. The van der Waals surface area contributed by atoms with Crippen LogP contribution in [-0.4, -0.2) is 46.1 Å². The molecule has 0 bridgehead atoms. The fourth-order valence-corrected chi connectivity index (χ4v) is 5.66. The molecule has 14 heteroatoms. The van der Waals surface area contributed by atoms with Gasteiger partial charge in [0.15, 0.2) is 0 Å². The van der Waals surface area contributed by atoms with Gasteiger partial charge in [0.25, 0.3) is 0 Å². The van der Waals surface area contributed by atoms with Gasteiger partial charge in [0.1, 0.15) is 24.5 Å². The van der Waals surface area contributed by atoms with E-state index in [2.05, 4.69) is 15.3 Å². The molecule has 1 aromatic heterocycles. The number of nitrogen functional groups attached to an aromatic ring is 1. The van der Waals surface area contributed by atoms with Gasteiger partial charge < -0.3 is 20.5 Å². The SMILES string of the molecule is NS(=O)(=O)Cc1cccc(Nc2cc(-c3ccccc3OCC3CCCO3)ncn2)c1.Nc1cccc(CS(N)(=O)=O)c1. The van der Waals surface area contributed by atoms with E-state index in [0.717, 1.165) is 30.8 Å². The first-order valence-corrected chi connectivity index (χ1v) is 16.7. The highest BCUT2D eigenvalue weighted by atomic mass is 32.2. The largest absolute Gasteiger partial charge is 0.490 e. The second-order valence-electron chi connectivity index (χ2n) is 9.92. The molecule has 0 saturated carbocycles. The highest BCUT2D eigenvalue weighted by Crippen LogP contribution is 2.30. The molecule has 1 aliphatic heterocycles. The topological polar surface area (TPSA) is 203 Å². The standard InChI is InChI=1S/C22H24N4O4S.C7H10N2O2S/c23-31(27,28)14-16-5-3-6-17(11-16)26-22-12-20(24-15-25-22)19-8-1-2-9-21(19)30-13-18-7-4-10-29-18;8-7-3-1-2-6(4-7)5-12(9,10)11/h1-3,5-6,8-9,11-12,15,18H,4,7,10,13-14H2,(H2,23,27,28)(H,24,25,26);1-4H,5,8H2,(H2,9,10,11). The zero-order valence-corrected chi connectivity index (χ0v) is 24.9. The zero-order valence-electron chi connectivity index (χ0n) is 23.3. The van der Waals surface area contributed by atoms with E-state index < -0.39 is 20.0 Å². The number of benzene rings is 3. The summed E-state index contributed by atoms with van der Waals surface area (Å²) in [6.07, 6.45) is 3.67. The Balaban J connectivity index is 0.000000296. The summed E-state index contributed by atoms with van der Waals surface area (Å²) in [7, 11) is -7.05. The molecule has 43 heavy (non-hydrogen) atoms. The predicted molar refractivity (Wildman–Crippen MR) is 166 cm³/mol. The second kappa shape index (κ2) is 14.4. The summed E-state index contributed by atoms with van der Waals surface area (Å²) in [5.41, 5.74) is 9.45. The third-order valence-corrected chi connectivity index (χ3v) is 7.64. The van der Waals surface area contributed by atoms with Crippen LogP contribution in [-0.2, 0) is 36.3 Å². The number of para-hydroxylation sites is 1. The molecule has 3 aromatic carbocycles. The van der Waals surface area contributed by atoms with Gasteiger partial charge in [-0.15, -0.1) is 0 Å². The Hall–Kier alpha value is -4.08. The van der Waals surface area contributed by atoms with Gasteiger partial charge in [-0.25, -0.2) is 37.1 Å². The molecule has 1 aliphatic rings. The molecule has 2 heterocycles. The van der Waals surface area contributed by atoms with Crippen LogP contribution in [0.2, 0.25) is 0 Å². The number of nitrogens with zero attached hydrogens (tertiary/aromatic N) is 2. The molecule has 1 unspecified atom stereocenters. The van der Waals surface area contributed by atoms with Crippen LogP contribution in [0.25, 0.3) is 11.3 Å². The number of rotatable bonds is 10. The van der Waals surface area contributed by atoms with E-state index in [1.807, 2.05) is 36.4 Å². The van der Waals surface area contributed by atoms with Crippen molar-refractivity contribution in [1.29, 1.82) is 0 Å². The summed E-state index contributed by atoms with van der Waals surface area (Å²) in [4.78, 5) is 8.68. The smallest absolute Gasteiger partial charge is 0.213 e. The molecule has 7 N–H and O–H groups in total. The summed E-state index contributed by atoms with van der Waals surface area (Å²) in [6.45, 7) is 1.29. The van der Waals surface area contributed by atoms with Gasteiger partial charge in [-0.1, -0.05) is 36.4 Å². The molecule has 0 radical (unpaired) electrons. The molecule has 0 aliphatic carbocycles. The quantitative estimate of drug-likeness (QED) is 0.189. The van der Waals surface area contributed by atoms with Gasteiger partial charge in [-0.05, 0) is 60.4 Å². The van der Waals surface area contributed by atoms with E-state index in [1.165, 1.54) is 6.33 Å². The number of aromatic nitrogens is 2. The fourth-order valence-electron chi connectivity index (χ4n) is 4.37. The number of nitrogens with one attached hydrogen (secondary N) is 1. The van der Waals surface area contributed by atoms with Crippen LogP contribution in [0.4, 0.5) is 17.2 Å². The van der Waals surface area contributed by atoms with Gasteiger partial charge in [0.2, 0.25) is 20.0 Å². The van der Waals surface area contributed by atoms with Crippen molar-refractivity contribution >= 4 is 37.2 Å². The first-order valence-electron chi connectivity index (χ1n) is 13.3. The van der Waals surface area contributed by atoms with E-state index >= 15 is 0 Å². The van der Waals surface area contributed by atoms with Crippen molar-refractivity contribution in [3.05, 3.63) is 96.3 Å². The number of primary sulfonamides is 2. The molecule has 1 atom stereocenters. The molecule has 5 rings (SSSR count). The number of hydrogen-bond donors (Lipinski definition) is 4. The van der Waals surface area contributed by atoms with Crippen molar-refractivity contribution in [2.45, 2.75) is 30.5 Å². The summed E-state index contributed by atoms with van der Waals surface area (Å²) in [6, 6.07) is 23.2. The monoisotopic (exact) mass is 626 g/mol. The highest BCUT2D eigenvalue weighted by Gasteiger charge is 2.17. The van der Waals surface area contributed by atoms with Crippen LogP contribution in [0.15, 0.2) is 85.2 Å². The zero-order chi connectivity index (χ0) is 30.9. The average Bonchev–Trinajstić information content (AvgIpc) is 3.45. The third kappa shape index (κ3) is 10.9. The molecule has 0 spiro atoms. The molecule has 12 nitrogen and oxygen atoms in total. The summed E-state index contributed by atoms with van der Waals surface area (Å²) < 4.78 is 55.7. The minimum atomic E-state index is -3.60. The summed E-state index contributed by atoms with van der Waals surface area (Å²) in [5.74, 6) is 0.912. The molecule has 1 saturated heterocycles. The van der Waals surface area contributed by atoms with Crippen LogP contribution in [0.3, 0.4) is 0 Å². The molecule has 228 valence electrons. The number of hydrogen-bond acceptors (Lipinski definition) is 10. The normalized spacial score (nSPS) is 14.9. The van der Waals surface area contributed by atoms with Crippen molar-refractivity contribution in [3.8, 4) is 17.0 Å². The lowest BCUT2D eigenvalue weighted by atomic mass is 10.1. The molecule has 4 aromatic rings. The Morgan fingerprint density at radius 3 is 2.23 bits per heavy atom. The summed E-state index contributed by atoms with van der Waals surface area (Å²) >= 11 is 0. The summed E-state index contributed by atoms with van der Waals surface area (Å²) in [5, 5.41) is 13.2. The lowest BCUT2D eigenvalue weighted by Gasteiger charge is -2.15. The van der Waals surface area contributed by atoms with E-state index in [0.29, 0.717) is 40.6 Å². The van der Waals surface area contributed by atoms with Crippen molar-refractivity contribution in [2.75, 3.05) is 24.3 Å².